The summed E-state index contributed by atoms with van der Waals surface area (Å²) in [6, 6.07) is 17.8. The molecule has 0 aliphatic rings. The summed E-state index contributed by atoms with van der Waals surface area (Å²) in [5.41, 5.74) is 2.81. The van der Waals surface area contributed by atoms with Crippen LogP contribution in [0.1, 0.15) is 11.4 Å². The second-order valence-electron chi connectivity index (χ2n) is 6.08. The van der Waals surface area contributed by atoms with Gasteiger partial charge in [0.2, 0.25) is 0 Å². The van der Waals surface area contributed by atoms with Crippen molar-refractivity contribution in [3.8, 4) is 11.6 Å². The van der Waals surface area contributed by atoms with Gasteiger partial charge in [0.1, 0.15) is 5.75 Å². The molecule has 4 aromatic rings. The predicted molar refractivity (Wildman–Crippen MR) is 102 cm³/mol. The molecule has 0 spiro atoms. The predicted octanol–water partition coefficient (Wildman–Crippen LogP) is 4.18. The van der Waals surface area contributed by atoms with Gasteiger partial charge in [0.15, 0.2) is 11.6 Å². The normalized spacial score (nSPS) is 10.9. The molecule has 2 aromatic carbocycles. The zero-order valence-corrected chi connectivity index (χ0v) is 14.9. The Morgan fingerprint density at radius 1 is 0.923 bits per heavy atom. The second kappa shape index (κ2) is 6.48. The minimum absolute atomic E-state index is 0.676. The molecule has 0 atom stereocenters. The Morgan fingerprint density at radius 3 is 2.38 bits per heavy atom. The maximum Gasteiger partial charge on any atom is 0.183 e. The molecule has 0 aliphatic carbocycles. The highest BCUT2D eigenvalue weighted by atomic mass is 16.5. The minimum Gasteiger partial charge on any atom is -0.495 e. The number of hydrogen-bond donors (Lipinski definition) is 1. The first-order valence-electron chi connectivity index (χ1n) is 8.36. The first-order chi connectivity index (χ1) is 12.7. The molecule has 0 saturated carbocycles. The van der Waals surface area contributed by atoms with Crippen molar-refractivity contribution in [2.75, 3.05) is 12.4 Å². The summed E-state index contributed by atoms with van der Waals surface area (Å²) in [7, 11) is 1.65. The molecule has 4 rings (SSSR count). The summed E-state index contributed by atoms with van der Waals surface area (Å²) in [4.78, 5) is 0. The number of benzene rings is 2. The molecule has 0 unspecified atom stereocenters. The molecule has 0 fully saturated rings. The summed E-state index contributed by atoms with van der Waals surface area (Å²) in [5.74, 6) is 2.15. The number of nitrogens with one attached hydrogen (secondary N) is 1. The van der Waals surface area contributed by atoms with E-state index in [0.717, 1.165) is 39.4 Å². The van der Waals surface area contributed by atoms with Crippen LogP contribution in [-0.2, 0) is 0 Å². The van der Waals surface area contributed by atoms with Crippen LogP contribution in [0.15, 0.2) is 54.6 Å². The number of aromatic nitrogens is 4. The van der Waals surface area contributed by atoms with Crippen LogP contribution in [0.2, 0.25) is 0 Å². The van der Waals surface area contributed by atoms with Crippen LogP contribution in [-0.4, -0.2) is 27.1 Å². The Labute approximate surface area is 151 Å². The van der Waals surface area contributed by atoms with Gasteiger partial charge in [-0.15, -0.1) is 10.2 Å². The van der Waals surface area contributed by atoms with E-state index in [4.69, 9.17) is 4.74 Å². The average molecular weight is 345 g/mol. The highest BCUT2D eigenvalue weighted by molar-refractivity contribution is 5.97. The number of ether oxygens (including phenoxy) is 1. The molecule has 6 heteroatoms. The number of fused-ring (bicyclic) bond motifs is 1. The Bertz CT molecular complexity index is 1090. The lowest BCUT2D eigenvalue weighted by atomic mass is 10.1. The van der Waals surface area contributed by atoms with E-state index in [1.807, 2.05) is 73.1 Å². The Balaban J connectivity index is 1.86. The highest BCUT2D eigenvalue weighted by Gasteiger charge is 2.14. The summed E-state index contributed by atoms with van der Waals surface area (Å²) >= 11 is 0. The zero-order valence-electron chi connectivity index (χ0n) is 14.9. The van der Waals surface area contributed by atoms with Gasteiger partial charge in [0.05, 0.1) is 18.5 Å². The molecule has 26 heavy (non-hydrogen) atoms. The summed E-state index contributed by atoms with van der Waals surface area (Å²) in [6.45, 7) is 3.98. The molecule has 130 valence electrons. The third-order valence-corrected chi connectivity index (χ3v) is 4.24. The van der Waals surface area contributed by atoms with Crippen LogP contribution in [0, 0.1) is 13.8 Å². The van der Waals surface area contributed by atoms with E-state index in [1.165, 1.54) is 0 Å². The summed E-state index contributed by atoms with van der Waals surface area (Å²) < 4.78 is 7.25. The van der Waals surface area contributed by atoms with E-state index >= 15 is 0 Å². The number of hydrogen-bond acceptors (Lipinski definition) is 5. The van der Waals surface area contributed by atoms with Crippen LogP contribution in [0.5, 0.6) is 5.75 Å². The van der Waals surface area contributed by atoms with E-state index in [2.05, 4.69) is 20.6 Å². The fourth-order valence-corrected chi connectivity index (χ4v) is 3.06. The molecular formula is C20H19N5O. The second-order valence-corrected chi connectivity index (χ2v) is 6.08. The minimum atomic E-state index is 0.676. The van der Waals surface area contributed by atoms with Gasteiger partial charge in [-0.2, -0.15) is 5.10 Å². The smallest absolute Gasteiger partial charge is 0.183 e. The molecule has 6 nitrogen and oxygen atoms in total. The van der Waals surface area contributed by atoms with Crippen molar-refractivity contribution in [2.24, 2.45) is 0 Å². The van der Waals surface area contributed by atoms with E-state index in [-0.39, 0.29) is 0 Å². The third-order valence-electron chi connectivity index (χ3n) is 4.24. The number of para-hydroxylation sites is 2. The molecule has 0 saturated heterocycles. The number of methoxy groups -OCH3 is 1. The lowest BCUT2D eigenvalue weighted by molar-refractivity contribution is 0.417. The van der Waals surface area contributed by atoms with Gasteiger partial charge < -0.3 is 10.1 Å². The van der Waals surface area contributed by atoms with Crippen LogP contribution in [0.25, 0.3) is 16.6 Å². The molecule has 2 aromatic heterocycles. The lowest BCUT2D eigenvalue weighted by Crippen LogP contribution is -2.07. The number of aryl methyl sites for hydroxylation is 2. The lowest BCUT2D eigenvalue weighted by Gasteiger charge is -2.13. The fraction of sp³-hybridized carbons (Fsp3) is 0.150. The molecule has 0 amide bonds. The van der Waals surface area contributed by atoms with Crippen LogP contribution < -0.4 is 10.1 Å². The monoisotopic (exact) mass is 345 g/mol. The number of rotatable bonds is 4. The van der Waals surface area contributed by atoms with Gasteiger partial charge >= 0.3 is 0 Å². The maximum absolute atomic E-state index is 5.42. The average Bonchev–Trinajstić information content (AvgIpc) is 3.00. The van der Waals surface area contributed by atoms with Crippen molar-refractivity contribution in [1.29, 1.82) is 0 Å². The van der Waals surface area contributed by atoms with E-state index in [0.29, 0.717) is 5.82 Å². The van der Waals surface area contributed by atoms with Crippen molar-refractivity contribution >= 4 is 22.3 Å². The Kier molecular flexibility index (Phi) is 4.01. The van der Waals surface area contributed by atoms with Crippen molar-refractivity contribution in [3.05, 3.63) is 66.0 Å². The fourth-order valence-electron chi connectivity index (χ4n) is 3.06. The van der Waals surface area contributed by atoms with Crippen molar-refractivity contribution in [3.63, 3.8) is 0 Å². The molecule has 2 heterocycles. The van der Waals surface area contributed by atoms with Gasteiger partial charge in [0, 0.05) is 16.5 Å². The standard InChI is InChI=1S/C20H19N5O/c1-13-12-14(2)25(24-13)20-16-9-5-4-8-15(16)19(22-23-20)21-17-10-6-7-11-18(17)26-3/h4-12H,1-3H3,(H,21,22). The van der Waals surface area contributed by atoms with Gasteiger partial charge in [-0.1, -0.05) is 36.4 Å². The molecule has 0 radical (unpaired) electrons. The summed E-state index contributed by atoms with van der Waals surface area (Å²) in [6.07, 6.45) is 0. The van der Waals surface area contributed by atoms with Gasteiger partial charge in [0.25, 0.3) is 0 Å². The zero-order chi connectivity index (χ0) is 18.1. The van der Waals surface area contributed by atoms with Crippen LogP contribution >= 0.6 is 0 Å². The van der Waals surface area contributed by atoms with Gasteiger partial charge in [-0.25, -0.2) is 4.68 Å². The van der Waals surface area contributed by atoms with Crippen LogP contribution in [0.4, 0.5) is 11.5 Å². The summed E-state index contributed by atoms with van der Waals surface area (Å²) in [5, 5.41) is 18.7. The van der Waals surface area contributed by atoms with Crippen molar-refractivity contribution < 1.29 is 4.74 Å². The van der Waals surface area contributed by atoms with E-state index < -0.39 is 0 Å². The van der Waals surface area contributed by atoms with Crippen molar-refractivity contribution in [1.82, 2.24) is 20.0 Å². The van der Waals surface area contributed by atoms with Gasteiger partial charge in [-0.05, 0) is 32.0 Å². The topological polar surface area (TPSA) is 64.9 Å². The first kappa shape index (κ1) is 16.1. The number of anilines is 2. The SMILES string of the molecule is COc1ccccc1Nc1nnc(-n2nc(C)cc2C)c2ccccc12. The molecular weight excluding hydrogens is 326 g/mol. The highest BCUT2D eigenvalue weighted by Crippen LogP contribution is 2.31. The van der Waals surface area contributed by atoms with E-state index in [9.17, 15) is 0 Å². The van der Waals surface area contributed by atoms with Crippen LogP contribution in [0.3, 0.4) is 0 Å². The maximum atomic E-state index is 5.42. The molecule has 0 aliphatic heterocycles. The largest absolute Gasteiger partial charge is 0.495 e. The van der Waals surface area contributed by atoms with Gasteiger partial charge in [-0.3, -0.25) is 0 Å². The van der Waals surface area contributed by atoms with Crippen molar-refractivity contribution in [2.45, 2.75) is 13.8 Å². The Hall–Kier alpha value is -3.41. The number of nitrogens with zero attached hydrogens (tertiary/aromatic N) is 4. The molecule has 1 N–H and O–H groups in total. The quantitative estimate of drug-likeness (QED) is 0.601. The van der Waals surface area contributed by atoms with E-state index in [1.54, 1.807) is 7.11 Å². The first-order valence-corrected chi connectivity index (χ1v) is 8.36. The third kappa shape index (κ3) is 2.75. The Morgan fingerprint density at radius 2 is 1.65 bits per heavy atom. The molecule has 0 bridgehead atoms.